The summed E-state index contributed by atoms with van der Waals surface area (Å²) in [4.78, 5) is 18.9. The number of anilines is 1. The van der Waals surface area contributed by atoms with Gasteiger partial charge >= 0.3 is 5.97 Å². The third-order valence-corrected chi connectivity index (χ3v) is 3.45. The molecule has 1 aliphatic rings. The first-order valence-corrected chi connectivity index (χ1v) is 6.06. The molecule has 0 saturated carbocycles. The van der Waals surface area contributed by atoms with Crippen molar-refractivity contribution in [1.29, 1.82) is 0 Å². The van der Waals surface area contributed by atoms with Crippen molar-refractivity contribution in [3.8, 4) is 0 Å². The third kappa shape index (κ3) is 2.37. The lowest BCUT2D eigenvalue weighted by Gasteiger charge is -2.26. The van der Waals surface area contributed by atoms with E-state index in [9.17, 15) is 14.3 Å². The van der Waals surface area contributed by atoms with Gasteiger partial charge in [-0.15, -0.1) is 0 Å². The average Bonchev–Trinajstić information content (AvgIpc) is 2.75. The van der Waals surface area contributed by atoms with E-state index in [4.69, 9.17) is 4.74 Å². The highest BCUT2D eigenvalue weighted by Gasteiger charge is 2.47. The van der Waals surface area contributed by atoms with Crippen LogP contribution in [0.2, 0.25) is 0 Å². The lowest BCUT2D eigenvalue weighted by molar-refractivity contribution is -0.148. The second-order valence-electron chi connectivity index (χ2n) is 4.77. The number of nitrogens with zero attached hydrogens (tertiary/aromatic N) is 2. The maximum atomic E-state index is 14.0. The Balaban J connectivity index is 2.24. The molecule has 19 heavy (non-hydrogen) atoms. The van der Waals surface area contributed by atoms with Gasteiger partial charge in [0.05, 0.1) is 24.9 Å². The number of ether oxygens (including phenoxy) is 1. The van der Waals surface area contributed by atoms with Gasteiger partial charge in [0.15, 0.2) is 11.6 Å². The molecule has 104 valence electrons. The molecule has 2 N–H and O–H groups in total. The van der Waals surface area contributed by atoms with Crippen LogP contribution in [0, 0.1) is 11.2 Å². The van der Waals surface area contributed by atoms with Crippen molar-refractivity contribution in [3.05, 3.63) is 17.8 Å². The van der Waals surface area contributed by atoms with Crippen LogP contribution >= 0.6 is 0 Å². The molecule has 0 radical (unpaired) electrons. The Hall–Kier alpha value is -1.76. The fraction of sp³-hybridized carbons (Fsp3) is 0.583. The molecular formula is C12H16FN3O3. The van der Waals surface area contributed by atoms with Gasteiger partial charge in [-0.2, -0.15) is 0 Å². The standard InChI is InChI=1S/C12H16FN3O3/c1-3-7-9(13)10(15-6-14-7)16-8-4-19-5-12(8,2)11(17)18/h6,8H,3-5H2,1-2H3,(H,17,18)(H,14,15,16). The lowest BCUT2D eigenvalue weighted by Crippen LogP contribution is -2.43. The van der Waals surface area contributed by atoms with E-state index in [0.717, 1.165) is 0 Å². The Morgan fingerprint density at radius 1 is 1.68 bits per heavy atom. The molecule has 0 aromatic carbocycles. The van der Waals surface area contributed by atoms with E-state index in [1.54, 1.807) is 13.8 Å². The SMILES string of the molecule is CCc1ncnc(NC2COCC2(C)C(=O)O)c1F. The molecule has 1 aromatic heterocycles. The number of hydrogen-bond donors (Lipinski definition) is 2. The number of aliphatic carboxylic acids is 1. The highest BCUT2D eigenvalue weighted by Crippen LogP contribution is 2.31. The van der Waals surface area contributed by atoms with E-state index in [1.165, 1.54) is 6.33 Å². The number of halogens is 1. The number of hydrogen-bond acceptors (Lipinski definition) is 5. The monoisotopic (exact) mass is 269 g/mol. The Morgan fingerprint density at radius 3 is 3.05 bits per heavy atom. The van der Waals surface area contributed by atoms with Crippen LogP contribution in [0.25, 0.3) is 0 Å². The van der Waals surface area contributed by atoms with E-state index in [-0.39, 0.29) is 19.0 Å². The summed E-state index contributed by atoms with van der Waals surface area (Å²) in [6.45, 7) is 3.65. The van der Waals surface area contributed by atoms with E-state index in [0.29, 0.717) is 12.1 Å². The molecule has 0 bridgehead atoms. The maximum Gasteiger partial charge on any atom is 0.313 e. The minimum Gasteiger partial charge on any atom is -0.481 e. The van der Waals surface area contributed by atoms with Gasteiger partial charge in [0, 0.05) is 0 Å². The largest absolute Gasteiger partial charge is 0.481 e. The van der Waals surface area contributed by atoms with E-state index < -0.39 is 23.2 Å². The summed E-state index contributed by atoms with van der Waals surface area (Å²) >= 11 is 0. The van der Waals surface area contributed by atoms with Crippen molar-refractivity contribution < 1.29 is 19.0 Å². The maximum absolute atomic E-state index is 14.0. The van der Waals surface area contributed by atoms with Crippen LogP contribution in [0.15, 0.2) is 6.33 Å². The van der Waals surface area contributed by atoms with Crippen LogP contribution in [0.5, 0.6) is 0 Å². The van der Waals surface area contributed by atoms with Crippen LogP contribution in [0.1, 0.15) is 19.5 Å². The van der Waals surface area contributed by atoms with Gasteiger partial charge in [0.1, 0.15) is 11.7 Å². The first kappa shape index (κ1) is 13.7. The Bertz CT molecular complexity index is 497. The summed E-state index contributed by atoms with van der Waals surface area (Å²) < 4.78 is 19.2. The molecule has 2 unspecified atom stereocenters. The molecular weight excluding hydrogens is 253 g/mol. The number of aromatic nitrogens is 2. The van der Waals surface area contributed by atoms with Gasteiger partial charge < -0.3 is 15.2 Å². The Labute approximate surface area is 110 Å². The quantitative estimate of drug-likeness (QED) is 0.851. The van der Waals surface area contributed by atoms with Crippen molar-refractivity contribution in [3.63, 3.8) is 0 Å². The molecule has 0 amide bonds. The summed E-state index contributed by atoms with van der Waals surface area (Å²) in [6, 6.07) is -0.529. The van der Waals surface area contributed by atoms with Gasteiger partial charge in [0.2, 0.25) is 0 Å². The molecule has 1 fully saturated rings. The van der Waals surface area contributed by atoms with Crippen LogP contribution in [-0.2, 0) is 16.0 Å². The predicted octanol–water partition coefficient (Wildman–Crippen LogP) is 1.08. The average molecular weight is 269 g/mol. The number of nitrogens with one attached hydrogen (secondary N) is 1. The molecule has 2 heterocycles. The first-order chi connectivity index (χ1) is 8.99. The van der Waals surface area contributed by atoms with Gasteiger partial charge in [0.25, 0.3) is 0 Å². The zero-order chi connectivity index (χ0) is 14.0. The zero-order valence-corrected chi connectivity index (χ0v) is 10.8. The third-order valence-electron chi connectivity index (χ3n) is 3.45. The minimum absolute atomic E-state index is 0.0230. The number of rotatable bonds is 4. The molecule has 7 heteroatoms. The van der Waals surface area contributed by atoms with Gasteiger partial charge in [-0.1, -0.05) is 6.92 Å². The Kier molecular flexibility index (Phi) is 3.66. The summed E-state index contributed by atoms with van der Waals surface area (Å²) in [6.07, 6.45) is 1.71. The van der Waals surface area contributed by atoms with Gasteiger partial charge in [-0.3, -0.25) is 4.79 Å². The van der Waals surface area contributed by atoms with Crippen molar-refractivity contribution in [1.82, 2.24) is 9.97 Å². The molecule has 1 saturated heterocycles. The normalized spacial score (nSPS) is 26.4. The predicted molar refractivity (Wildman–Crippen MR) is 65.3 cm³/mol. The molecule has 6 nitrogen and oxygen atoms in total. The summed E-state index contributed by atoms with van der Waals surface area (Å²) in [5.41, 5.74) is -0.794. The molecule has 0 spiro atoms. The number of aryl methyl sites for hydroxylation is 1. The molecule has 1 aromatic rings. The lowest BCUT2D eigenvalue weighted by atomic mass is 9.85. The van der Waals surface area contributed by atoms with Crippen LogP contribution < -0.4 is 5.32 Å². The topological polar surface area (TPSA) is 84.3 Å². The van der Waals surface area contributed by atoms with E-state index in [1.807, 2.05) is 0 Å². The summed E-state index contributed by atoms with van der Waals surface area (Å²) in [5, 5.41) is 12.1. The minimum atomic E-state index is -1.09. The highest BCUT2D eigenvalue weighted by atomic mass is 19.1. The van der Waals surface area contributed by atoms with Crippen LogP contribution in [-0.4, -0.2) is 40.3 Å². The van der Waals surface area contributed by atoms with E-state index in [2.05, 4.69) is 15.3 Å². The summed E-state index contributed by atoms with van der Waals surface area (Å²) in [7, 11) is 0. The molecule has 1 aliphatic heterocycles. The Morgan fingerprint density at radius 2 is 2.42 bits per heavy atom. The first-order valence-electron chi connectivity index (χ1n) is 6.06. The van der Waals surface area contributed by atoms with Crippen LogP contribution in [0.4, 0.5) is 10.2 Å². The smallest absolute Gasteiger partial charge is 0.313 e. The van der Waals surface area contributed by atoms with Gasteiger partial charge in [-0.05, 0) is 13.3 Å². The van der Waals surface area contributed by atoms with Crippen molar-refractivity contribution in [2.45, 2.75) is 26.3 Å². The number of carboxylic acid groups (broad SMARTS) is 1. The molecule has 2 rings (SSSR count). The summed E-state index contributed by atoms with van der Waals surface area (Å²) in [5.74, 6) is -1.49. The van der Waals surface area contributed by atoms with Gasteiger partial charge in [-0.25, -0.2) is 14.4 Å². The molecule has 0 aliphatic carbocycles. The number of carboxylic acids is 1. The fourth-order valence-electron chi connectivity index (χ4n) is 2.00. The highest BCUT2D eigenvalue weighted by molar-refractivity contribution is 5.76. The second kappa shape index (κ2) is 5.08. The fourth-order valence-corrected chi connectivity index (χ4v) is 2.00. The van der Waals surface area contributed by atoms with Crippen molar-refractivity contribution in [2.24, 2.45) is 5.41 Å². The number of carbonyl (C=O) groups is 1. The van der Waals surface area contributed by atoms with E-state index >= 15 is 0 Å². The molecule has 2 atom stereocenters. The van der Waals surface area contributed by atoms with Crippen molar-refractivity contribution in [2.75, 3.05) is 18.5 Å². The van der Waals surface area contributed by atoms with Crippen molar-refractivity contribution >= 4 is 11.8 Å². The van der Waals surface area contributed by atoms with Crippen LogP contribution in [0.3, 0.4) is 0 Å². The second-order valence-corrected chi connectivity index (χ2v) is 4.77. The zero-order valence-electron chi connectivity index (χ0n) is 10.8.